The fraction of sp³-hybridized carbons (Fsp3) is 0.478. The van der Waals surface area contributed by atoms with Crippen molar-refractivity contribution < 1.29 is 13.2 Å². The summed E-state index contributed by atoms with van der Waals surface area (Å²) in [6, 6.07) is 8.24. The van der Waals surface area contributed by atoms with Crippen molar-refractivity contribution in [1.82, 2.24) is 19.3 Å². The lowest BCUT2D eigenvalue weighted by Gasteiger charge is -2.43. The first kappa shape index (κ1) is 21.4. The number of ether oxygens (including phenoxy) is 1. The lowest BCUT2D eigenvalue weighted by Crippen LogP contribution is -2.51. The van der Waals surface area contributed by atoms with E-state index in [2.05, 4.69) is 16.8 Å². The van der Waals surface area contributed by atoms with Crippen LogP contribution in [0.2, 0.25) is 0 Å². The van der Waals surface area contributed by atoms with Crippen molar-refractivity contribution in [3.05, 3.63) is 41.7 Å². The van der Waals surface area contributed by atoms with Gasteiger partial charge < -0.3 is 14.6 Å². The van der Waals surface area contributed by atoms with Crippen LogP contribution in [0.5, 0.6) is 0 Å². The second kappa shape index (κ2) is 7.54. The van der Waals surface area contributed by atoms with Gasteiger partial charge in [-0.1, -0.05) is 12.1 Å². The van der Waals surface area contributed by atoms with Crippen LogP contribution in [0.4, 0.5) is 5.82 Å². The van der Waals surface area contributed by atoms with E-state index >= 15 is 0 Å². The molecule has 1 unspecified atom stereocenters. The lowest BCUT2D eigenvalue weighted by atomic mass is 9.89. The minimum absolute atomic E-state index is 0.176. The van der Waals surface area contributed by atoms with E-state index in [1.807, 2.05) is 44.3 Å². The first-order chi connectivity index (χ1) is 15.2. The molecular weight excluding hydrogens is 426 g/mol. The summed E-state index contributed by atoms with van der Waals surface area (Å²) in [4.78, 5) is 15.7. The normalized spacial score (nSPS) is 21.6. The maximum atomic E-state index is 12.6. The highest BCUT2D eigenvalue weighted by atomic mass is 32.2. The topological polar surface area (TPSA) is 91.4 Å². The molecule has 0 bridgehead atoms. The summed E-state index contributed by atoms with van der Waals surface area (Å²) in [5.41, 5.74) is 2.98. The third-order valence-electron chi connectivity index (χ3n) is 6.63. The first-order valence-electron chi connectivity index (χ1n) is 11.0. The summed E-state index contributed by atoms with van der Waals surface area (Å²) in [6.45, 7) is 8.45. The number of aromatic amines is 1. The predicted octanol–water partition coefficient (Wildman–Crippen LogP) is 2.90. The summed E-state index contributed by atoms with van der Waals surface area (Å²) in [5, 5.41) is 1.04. The van der Waals surface area contributed by atoms with Crippen molar-refractivity contribution in [3.63, 3.8) is 0 Å². The summed E-state index contributed by atoms with van der Waals surface area (Å²) in [7, 11) is -3.39. The van der Waals surface area contributed by atoms with E-state index in [4.69, 9.17) is 14.7 Å². The van der Waals surface area contributed by atoms with Crippen LogP contribution < -0.4 is 4.90 Å². The highest BCUT2D eigenvalue weighted by Crippen LogP contribution is 2.41. The number of hydrogen-bond donors (Lipinski definition) is 1. The number of hydrogen-bond acceptors (Lipinski definition) is 6. The van der Waals surface area contributed by atoms with Crippen LogP contribution in [0.15, 0.2) is 30.5 Å². The van der Waals surface area contributed by atoms with Gasteiger partial charge in [0.2, 0.25) is 10.0 Å². The average molecular weight is 456 g/mol. The van der Waals surface area contributed by atoms with E-state index in [0.29, 0.717) is 32.0 Å². The van der Waals surface area contributed by atoms with E-state index in [1.54, 1.807) is 4.31 Å². The number of anilines is 1. The molecule has 0 saturated carbocycles. The zero-order valence-electron chi connectivity index (χ0n) is 18.9. The number of sulfonamides is 1. The molecule has 170 valence electrons. The van der Waals surface area contributed by atoms with Gasteiger partial charge in [-0.15, -0.1) is 0 Å². The first-order valence-corrected chi connectivity index (χ1v) is 12.8. The van der Waals surface area contributed by atoms with Crippen molar-refractivity contribution in [1.29, 1.82) is 0 Å². The molecule has 9 heteroatoms. The van der Waals surface area contributed by atoms with Crippen molar-refractivity contribution in [2.24, 2.45) is 0 Å². The quantitative estimate of drug-likeness (QED) is 0.653. The molecule has 0 amide bonds. The van der Waals surface area contributed by atoms with Gasteiger partial charge in [-0.25, -0.2) is 18.4 Å². The molecule has 1 aromatic carbocycles. The molecule has 32 heavy (non-hydrogen) atoms. The van der Waals surface area contributed by atoms with Crippen molar-refractivity contribution in [2.75, 3.05) is 37.5 Å². The van der Waals surface area contributed by atoms with E-state index in [1.165, 1.54) is 6.26 Å². The Morgan fingerprint density at radius 1 is 1.19 bits per heavy atom. The number of nitrogens with one attached hydrogen (secondary N) is 1. The molecule has 1 N–H and O–H groups in total. The van der Waals surface area contributed by atoms with Crippen LogP contribution in [0.3, 0.4) is 0 Å². The number of H-pyrrole nitrogens is 1. The molecule has 0 radical (unpaired) electrons. The standard InChI is InChI=1S/C23H29N5O3S/c1-15-14-31-13-12-27(15)22-18-9-11-28(32(4,29)30)23(2,3)20(18)25-21(26-22)17-6-5-7-19-16(17)8-10-24-19/h5-8,10,15,24H,9,11-14H2,1-4H3. The minimum atomic E-state index is -3.39. The van der Waals surface area contributed by atoms with E-state index < -0.39 is 15.6 Å². The largest absolute Gasteiger partial charge is 0.377 e. The molecule has 4 heterocycles. The Morgan fingerprint density at radius 2 is 2.00 bits per heavy atom. The van der Waals surface area contributed by atoms with E-state index in [0.717, 1.165) is 40.1 Å². The Labute approximate surface area is 188 Å². The number of aromatic nitrogens is 3. The van der Waals surface area contributed by atoms with Crippen molar-refractivity contribution in [2.45, 2.75) is 38.8 Å². The third-order valence-corrected chi connectivity index (χ3v) is 8.07. The van der Waals surface area contributed by atoms with E-state index in [-0.39, 0.29) is 6.04 Å². The Balaban J connectivity index is 1.77. The Kier molecular flexibility index (Phi) is 5.03. The molecule has 3 aromatic rings. The number of nitrogens with zero attached hydrogens (tertiary/aromatic N) is 4. The monoisotopic (exact) mass is 455 g/mol. The fourth-order valence-corrected chi connectivity index (χ4v) is 6.42. The summed E-state index contributed by atoms with van der Waals surface area (Å²) in [6.07, 6.45) is 3.76. The van der Waals surface area contributed by atoms with E-state index in [9.17, 15) is 8.42 Å². The predicted molar refractivity (Wildman–Crippen MR) is 125 cm³/mol. The van der Waals surface area contributed by atoms with Gasteiger partial charge in [0.1, 0.15) is 5.82 Å². The van der Waals surface area contributed by atoms with Gasteiger partial charge in [0.05, 0.1) is 36.7 Å². The van der Waals surface area contributed by atoms with Crippen LogP contribution in [0.1, 0.15) is 32.0 Å². The van der Waals surface area contributed by atoms with Crippen LogP contribution in [-0.2, 0) is 26.7 Å². The number of benzene rings is 1. The molecular formula is C23H29N5O3S. The molecule has 2 aliphatic heterocycles. The average Bonchev–Trinajstić information content (AvgIpc) is 3.21. The molecule has 8 nitrogen and oxygen atoms in total. The van der Waals surface area contributed by atoms with Gasteiger partial charge in [-0.2, -0.15) is 4.31 Å². The van der Waals surface area contributed by atoms with Gasteiger partial charge in [0.15, 0.2) is 5.82 Å². The molecule has 1 fully saturated rings. The second-order valence-corrected chi connectivity index (χ2v) is 11.1. The summed E-state index contributed by atoms with van der Waals surface area (Å²) in [5.74, 6) is 1.51. The van der Waals surface area contributed by atoms with Crippen LogP contribution in [0.25, 0.3) is 22.3 Å². The molecule has 2 aliphatic rings. The molecule has 1 atom stereocenters. The smallest absolute Gasteiger partial charge is 0.212 e. The number of morpholine rings is 1. The molecule has 5 rings (SSSR count). The van der Waals surface area contributed by atoms with Crippen molar-refractivity contribution >= 4 is 26.7 Å². The molecule has 2 aromatic heterocycles. The number of rotatable bonds is 3. The van der Waals surface area contributed by atoms with Gasteiger partial charge in [0, 0.05) is 41.3 Å². The fourth-order valence-electron chi connectivity index (χ4n) is 5.08. The Morgan fingerprint density at radius 3 is 2.75 bits per heavy atom. The zero-order valence-corrected chi connectivity index (χ0v) is 19.7. The minimum Gasteiger partial charge on any atom is -0.377 e. The second-order valence-electron chi connectivity index (χ2n) is 9.20. The Hall–Kier alpha value is -2.49. The van der Waals surface area contributed by atoms with Crippen LogP contribution in [-0.4, -0.2) is 66.3 Å². The number of fused-ring (bicyclic) bond motifs is 2. The Bertz CT molecular complexity index is 1280. The maximum Gasteiger partial charge on any atom is 0.212 e. The molecule has 1 saturated heterocycles. The van der Waals surface area contributed by atoms with Gasteiger partial charge in [0.25, 0.3) is 0 Å². The van der Waals surface area contributed by atoms with Gasteiger partial charge >= 0.3 is 0 Å². The summed E-state index contributed by atoms with van der Waals surface area (Å²) < 4.78 is 32.4. The lowest BCUT2D eigenvalue weighted by molar-refractivity contribution is 0.0982. The third kappa shape index (κ3) is 3.39. The van der Waals surface area contributed by atoms with Crippen LogP contribution >= 0.6 is 0 Å². The maximum absolute atomic E-state index is 12.6. The molecule has 0 aliphatic carbocycles. The SMILES string of the molecule is CC1COCCN1c1nc(-c2cccc3[nH]ccc23)nc2c1CCN(S(C)(=O)=O)C2(C)C. The highest BCUT2D eigenvalue weighted by Gasteiger charge is 2.43. The molecule has 0 spiro atoms. The van der Waals surface area contributed by atoms with Gasteiger partial charge in [-0.3, -0.25) is 0 Å². The van der Waals surface area contributed by atoms with Crippen LogP contribution in [0, 0.1) is 0 Å². The highest BCUT2D eigenvalue weighted by molar-refractivity contribution is 7.88. The van der Waals surface area contributed by atoms with Crippen molar-refractivity contribution in [3.8, 4) is 11.4 Å². The van der Waals surface area contributed by atoms with Gasteiger partial charge in [-0.05, 0) is 39.3 Å². The zero-order chi connectivity index (χ0) is 22.7. The summed E-state index contributed by atoms with van der Waals surface area (Å²) >= 11 is 0.